The Morgan fingerprint density at radius 1 is 0.946 bits per heavy atom. The van der Waals surface area contributed by atoms with Crippen LogP contribution in [-0.4, -0.2) is 36.1 Å². The molecule has 2 aliphatic carbocycles. The molecule has 210 valence electrons. The first-order valence-electron chi connectivity index (χ1n) is 14.6. The Morgan fingerprint density at radius 3 is 2.16 bits per heavy atom. The Bertz CT molecular complexity index is 815. The van der Waals surface area contributed by atoms with Crippen LogP contribution in [0.1, 0.15) is 115 Å². The van der Waals surface area contributed by atoms with E-state index in [0.717, 1.165) is 50.8 Å². The number of rotatable bonds is 10. The largest absolute Gasteiger partial charge is 0.463 e. The summed E-state index contributed by atoms with van der Waals surface area (Å²) in [5.41, 5.74) is 0.316. The van der Waals surface area contributed by atoms with Gasteiger partial charge in [0, 0.05) is 24.9 Å². The van der Waals surface area contributed by atoms with Gasteiger partial charge in [0.1, 0.15) is 0 Å². The van der Waals surface area contributed by atoms with Crippen LogP contribution in [0.15, 0.2) is 24.3 Å². The molecule has 1 aromatic carbocycles. The first kappa shape index (κ1) is 30.0. The van der Waals surface area contributed by atoms with Crippen molar-refractivity contribution in [2.45, 2.75) is 123 Å². The van der Waals surface area contributed by atoms with Crippen LogP contribution in [0, 0.1) is 17.8 Å². The van der Waals surface area contributed by atoms with E-state index in [0.29, 0.717) is 18.3 Å². The number of benzene rings is 1. The summed E-state index contributed by atoms with van der Waals surface area (Å²) in [6.45, 7) is 10.3. The Morgan fingerprint density at radius 2 is 1.57 bits per heavy atom. The molecule has 0 saturated heterocycles. The number of carbonyl (C=O) groups is 1. The Hall–Kier alpha value is -1.56. The fourth-order valence-corrected chi connectivity index (χ4v) is 6.50. The van der Waals surface area contributed by atoms with Crippen molar-refractivity contribution in [3.8, 4) is 0 Å². The normalized spacial score (nSPS) is 24.0. The van der Waals surface area contributed by atoms with Gasteiger partial charge in [-0.2, -0.15) is 13.2 Å². The van der Waals surface area contributed by atoms with E-state index >= 15 is 0 Å². The summed E-state index contributed by atoms with van der Waals surface area (Å²) in [6, 6.07) is 6.01. The topological polar surface area (TPSA) is 29.5 Å². The highest BCUT2D eigenvalue weighted by Crippen LogP contribution is 2.43. The third-order valence-corrected chi connectivity index (χ3v) is 8.35. The van der Waals surface area contributed by atoms with Gasteiger partial charge in [0.15, 0.2) is 0 Å². The number of hydrogen-bond acceptors (Lipinski definition) is 3. The highest BCUT2D eigenvalue weighted by atomic mass is 19.4. The number of carbonyl (C=O) groups excluding carboxylic acids is 1. The van der Waals surface area contributed by atoms with Gasteiger partial charge in [0.2, 0.25) is 0 Å². The number of alkyl halides is 3. The van der Waals surface area contributed by atoms with Gasteiger partial charge in [-0.15, -0.1) is 0 Å². The summed E-state index contributed by atoms with van der Waals surface area (Å²) >= 11 is 0. The van der Waals surface area contributed by atoms with Crippen LogP contribution in [0.5, 0.6) is 0 Å². The van der Waals surface area contributed by atoms with Gasteiger partial charge in [0.25, 0.3) is 0 Å². The van der Waals surface area contributed by atoms with Gasteiger partial charge in [0.05, 0.1) is 11.7 Å². The fraction of sp³-hybridized carbons (Fsp3) is 0.774. The van der Waals surface area contributed by atoms with E-state index < -0.39 is 11.7 Å². The van der Waals surface area contributed by atoms with Gasteiger partial charge in [-0.25, -0.2) is 0 Å². The molecule has 0 spiro atoms. The number of halogens is 3. The molecule has 3 nitrogen and oxygen atoms in total. The summed E-state index contributed by atoms with van der Waals surface area (Å²) in [5.74, 6) is 1.14. The molecule has 0 amide bonds. The lowest BCUT2D eigenvalue weighted by atomic mass is 9.76. The van der Waals surface area contributed by atoms with Crippen molar-refractivity contribution in [1.82, 2.24) is 4.90 Å². The first-order chi connectivity index (χ1) is 17.5. The first-order valence-corrected chi connectivity index (χ1v) is 14.6. The maximum Gasteiger partial charge on any atom is 0.416 e. The maximum atomic E-state index is 13.4. The zero-order chi connectivity index (χ0) is 27.0. The van der Waals surface area contributed by atoms with E-state index in [1.807, 2.05) is 13.8 Å². The third-order valence-electron chi connectivity index (χ3n) is 8.35. The number of nitrogens with zero attached hydrogens (tertiary/aromatic N) is 1. The molecule has 0 heterocycles. The lowest BCUT2D eigenvalue weighted by molar-refractivity contribution is -0.149. The maximum absolute atomic E-state index is 13.4. The molecule has 2 aliphatic rings. The molecule has 0 aliphatic heterocycles. The second-order valence-corrected chi connectivity index (χ2v) is 12.2. The monoisotopic (exact) mass is 523 g/mol. The standard InChI is InChI=1S/C31H48F3NO2/c1-22(2)18-19-35(21-24-10-6-5-7-11-24)28-13-9-8-12-26(20-29(36)37-23(3)4)30(28)25-14-16-27(17-15-25)31(32,33)34/h14-17,22-24,26,28,30H,5-13,18-21H2,1-4H3/t26-,28?,30?/m1/s1. The minimum Gasteiger partial charge on any atom is -0.463 e. The molecule has 3 rings (SSSR count). The van der Waals surface area contributed by atoms with E-state index in [-0.39, 0.29) is 30.0 Å². The minimum absolute atomic E-state index is 0.0141. The van der Waals surface area contributed by atoms with Crippen LogP contribution in [0.2, 0.25) is 0 Å². The molecule has 3 atom stereocenters. The number of hydrogen-bond donors (Lipinski definition) is 0. The third kappa shape index (κ3) is 9.30. The highest BCUT2D eigenvalue weighted by Gasteiger charge is 2.39. The summed E-state index contributed by atoms with van der Waals surface area (Å²) < 4.78 is 45.6. The molecule has 2 fully saturated rings. The van der Waals surface area contributed by atoms with Gasteiger partial charge in [-0.1, -0.05) is 58.1 Å². The lowest BCUT2D eigenvalue weighted by Crippen LogP contribution is -2.45. The predicted molar refractivity (Wildman–Crippen MR) is 143 cm³/mol. The number of esters is 1. The summed E-state index contributed by atoms with van der Waals surface area (Å²) in [7, 11) is 0. The molecule has 2 saturated carbocycles. The molecule has 0 aromatic heterocycles. The Labute approximate surface area is 222 Å². The van der Waals surface area contributed by atoms with Gasteiger partial charge >= 0.3 is 12.1 Å². The smallest absolute Gasteiger partial charge is 0.416 e. The van der Waals surface area contributed by atoms with Gasteiger partial charge in [-0.3, -0.25) is 9.69 Å². The van der Waals surface area contributed by atoms with Crippen molar-refractivity contribution < 1.29 is 22.7 Å². The van der Waals surface area contributed by atoms with Crippen LogP contribution >= 0.6 is 0 Å². The predicted octanol–water partition coefficient (Wildman–Crippen LogP) is 8.62. The Balaban J connectivity index is 1.96. The average Bonchev–Trinajstić information content (AvgIpc) is 3.03. The van der Waals surface area contributed by atoms with Gasteiger partial charge < -0.3 is 4.74 Å². The molecular formula is C31H48F3NO2. The Kier molecular flexibility index (Phi) is 11.4. The zero-order valence-corrected chi connectivity index (χ0v) is 23.4. The number of ether oxygens (including phenoxy) is 1. The summed E-state index contributed by atoms with van der Waals surface area (Å²) in [5, 5.41) is 0. The van der Waals surface area contributed by atoms with Crippen molar-refractivity contribution in [2.75, 3.05) is 13.1 Å². The minimum atomic E-state index is -4.36. The van der Waals surface area contributed by atoms with Crippen LogP contribution in [0.3, 0.4) is 0 Å². The highest BCUT2D eigenvalue weighted by molar-refractivity contribution is 5.70. The van der Waals surface area contributed by atoms with E-state index in [4.69, 9.17) is 4.74 Å². The van der Waals surface area contributed by atoms with Crippen molar-refractivity contribution in [2.24, 2.45) is 17.8 Å². The van der Waals surface area contributed by atoms with Crippen LogP contribution in [-0.2, 0) is 15.7 Å². The summed E-state index contributed by atoms with van der Waals surface area (Å²) in [4.78, 5) is 15.5. The molecule has 0 N–H and O–H groups in total. The fourth-order valence-electron chi connectivity index (χ4n) is 6.50. The van der Waals surface area contributed by atoms with E-state index in [2.05, 4.69) is 18.7 Å². The molecule has 6 heteroatoms. The molecule has 0 bridgehead atoms. The molecule has 2 unspecified atom stereocenters. The molecular weight excluding hydrogens is 475 g/mol. The molecule has 37 heavy (non-hydrogen) atoms. The van der Waals surface area contributed by atoms with Crippen molar-refractivity contribution in [3.05, 3.63) is 35.4 Å². The average molecular weight is 524 g/mol. The summed E-state index contributed by atoms with van der Waals surface area (Å²) in [6.07, 6.45) is 7.36. The van der Waals surface area contributed by atoms with E-state index in [9.17, 15) is 18.0 Å². The van der Waals surface area contributed by atoms with Crippen LogP contribution in [0.25, 0.3) is 0 Å². The lowest BCUT2D eigenvalue weighted by Gasteiger charge is -2.42. The quantitative estimate of drug-likeness (QED) is 0.227. The van der Waals surface area contributed by atoms with E-state index in [1.54, 1.807) is 12.1 Å². The van der Waals surface area contributed by atoms with E-state index in [1.165, 1.54) is 44.2 Å². The second-order valence-electron chi connectivity index (χ2n) is 12.2. The second kappa shape index (κ2) is 14.0. The molecule has 0 radical (unpaired) electrons. The van der Waals surface area contributed by atoms with Gasteiger partial charge in [-0.05, 0) is 87.9 Å². The van der Waals surface area contributed by atoms with Crippen molar-refractivity contribution in [3.63, 3.8) is 0 Å². The molecule has 1 aromatic rings. The van der Waals surface area contributed by atoms with Crippen LogP contribution in [0.4, 0.5) is 13.2 Å². The van der Waals surface area contributed by atoms with Crippen molar-refractivity contribution in [1.29, 1.82) is 0 Å². The van der Waals surface area contributed by atoms with Crippen molar-refractivity contribution >= 4 is 5.97 Å². The SMILES string of the molecule is CC(C)CCN(CC1CCCCC1)C1CCCC[C@H](CC(=O)OC(C)C)C1c1ccc(C(F)(F)F)cc1. The van der Waals surface area contributed by atoms with Crippen LogP contribution < -0.4 is 0 Å². The zero-order valence-electron chi connectivity index (χ0n) is 23.4.